The lowest BCUT2D eigenvalue weighted by atomic mass is 9.91. The van der Waals surface area contributed by atoms with E-state index in [0.717, 1.165) is 12.8 Å². The zero-order chi connectivity index (χ0) is 24.2. The Labute approximate surface area is 199 Å². The van der Waals surface area contributed by atoms with Crippen LogP contribution in [0.2, 0.25) is 0 Å². The Hall–Kier alpha value is -1.62. The Morgan fingerprint density at radius 3 is 2.33 bits per heavy atom. The summed E-state index contributed by atoms with van der Waals surface area (Å²) in [6.07, 6.45) is 11.6. The first-order valence-corrected chi connectivity index (χ1v) is 14.2. The van der Waals surface area contributed by atoms with Crippen molar-refractivity contribution in [1.82, 2.24) is 5.32 Å². The van der Waals surface area contributed by atoms with Crippen LogP contribution in [-0.4, -0.2) is 30.0 Å². The third-order valence-electron chi connectivity index (χ3n) is 6.37. The lowest BCUT2D eigenvalue weighted by Crippen LogP contribution is -2.44. The smallest absolute Gasteiger partial charge is 0.405 e. The maximum absolute atomic E-state index is 12.8. The van der Waals surface area contributed by atoms with E-state index >= 15 is 0 Å². The van der Waals surface area contributed by atoms with E-state index in [-0.39, 0.29) is 19.1 Å². The van der Waals surface area contributed by atoms with Crippen molar-refractivity contribution in [3.05, 3.63) is 47.3 Å². The molecular weight excluding hydrogens is 437 g/mol. The van der Waals surface area contributed by atoms with E-state index < -0.39 is 19.2 Å². The van der Waals surface area contributed by atoms with Gasteiger partial charge >= 0.3 is 13.7 Å². The van der Waals surface area contributed by atoms with Crippen molar-refractivity contribution in [2.45, 2.75) is 96.4 Å². The molecule has 33 heavy (non-hydrogen) atoms. The second-order valence-electron chi connectivity index (χ2n) is 8.98. The fourth-order valence-electron chi connectivity index (χ4n) is 4.66. The molecule has 0 bridgehead atoms. The predicted octanol–water partition coefficient (Wildman–Crippen LogP) is 7.64. The van der Waals surface area contributed by atoms with Crippen molar-refractivity contribution < 1.29 is 23.5 Å². The normalized spacial score (nSPS) is 21.0. The lowest BCUT2D eigenvalue weighted by molar-refractivity contribution is 0.183. The topological polar surface area (TPSA) is 84.9 Å². The first-order chi connectivity index (χ1) is 15.9. The molecule has 0 saturated heterocycles. The van der Waals surface area contributed by atoms with E-state index in [1.54, 1.807) is 19.9 Å². The molecule has 1 aliphatic rings. The number of amides is 1. The number of carboxylic acid groups (broad SMARTS) is 1. The number of carbonyl (C=O) groups is 1. The highest BCUT2D eigenvalue weighted by Crippen LogP contribution is 2.51. The van der Waals surface area contributed by atoms with Crippen LogP contribution in [0.5, 0.6) is 0 Å². The molecule has 0 aliphatic heterocycles. The third kappa shape index (κ3) is 9.27. The highest BCUT2D eigenvalue weighted by molar-refractivity contribution is 7.57. The molecule has 2 N–H and O–H groups in total. The molecule has 7 heteroatoms. The van der Waals surface area contributed by atoms with Crippen LogP contribution < -0.4 is 5.32 Å². The second kappa shape index (κ2) is 13.9. The van der Waals surface area contributed by atoms with Gasteiger partial charge in [0, 0.05) is 5.82 Å². The molecule has 1 aliphatic carbocycles. The lowest BCUT2D eigenvalue weighted by Gasteiger charge is -2.26. The van der Waals surface area contributed by atoms with Crippen LogP contribution in [0.15, 0.2) is 36.2 Å². The maximum atomic E-state index is 12.8. The summed E-state index contributed by atoms with van der Waals surface area (Å²) in [5.41, 5.74) is 1.80. The van der Waals surface area contributed by atoms with E-state index in [4.69, 9.17) is 9.05 Å². The van der Waals surface area contributed by atoms with Gasteiger partial charge in [-0.2, -0.15) is 0 Å². The molecular formula is C26H42NO5P. The van der Waals surface area contributed by atoms with Gasteiger partial charge in [-0.15, -0.1) is 0 Å². The van der Waals surface area contributed by atoms with Gasteiger partial charge < -0.3 is 19.5 Å². The molecule has 1 amide bonds. The van der Waals surface area contributed by atoms with Crippen LogP contribution in [-0.2, 0) is 20.0 Å². The van der Waals surface area contributed by atoms with Crippen molar-refractivity contribution in [2.24, 2.45) is 0 Å². The van der Waals surface area contributed by atoms with E-state index in [0.29, 0.717) is 12.8 Å². The van der Waals surface area contributed by atoms with E-state index in [2.05, 4.69) is 36.5 Å². The molecule has 0 spiro atoms. The Kier molecular flexibility index (Phi) is 11.7. The van der Waals surface area contributed by atoms with Crippen molar-refractivity contribution in [3.8, 4) is 0 Å². The van der Waals surface area contributed by atoms with Crippen LogP contribution in [0, 0.1) is 0 Å². The first kappa shape index (κ1) is 27.6. The fraction of sp³-hybridized carbons (Fsp3) is 0.654. The molecule has 6 nitrogen and oxygen atoms in total. The number of benzene rings is 1. The SMILES string of the molecule is CCCCCCCCc1ccc([C@H]2CC[C@@](C=CP(=O)(OCC)OCC)(NC(=O)O)C2)cc1. The van der Waals surface area contributed by atoms with Gasteiger partial charge in [0.1, 0.15) is 0 Å². The van der Waals surface area contributed by atoms with Gasteiger partial charge in [0.25, 0.3) is 0 Å². The van der Waals surface area contributed by atoms with Crippen LogP contribution in [0.25, 0.3) is 0 Å². The summed E-state index contributed by atoms with van der Waals surface area (Å²) in [6, 6.07) is 8.78. The Morgan fingerprint density at radius 1 is 1.09 bits per heavy atom. The van der Waals surface area contributed by atoms with Gasteiger partial charge in [0.2, 0.25) is 0 Å². The molecule has 1 aromatic carbocycles. The molecule has 1 fully saturated rings. The molecule has 0 heterocycles. The number of unbranched alkanes of at least 4 members (excludes halogenated alkanes) is 5. The molecule has 2 atom stereocenters. The van der Waals surface area contributed by atoms with Crippen molar-refractivity contribution in [3.63, 3.8) is 0 Å². The maximum Gasteiger partial charge on any atom is 0.405 e. The van der Waals surface area contributed by atoms with Crippen LogP contribution >= 0.6 is 7.60 Å². The van der Waals surface area contributed by atoms with Gasteiger partial charge in [-0.1, -0.05) is 69.4 Å². The zero-order valence-electron chi connectivity index (χ0n) is 20.6. The highest BCUT2D eigenvalue weighted by atomic mass is 31.2. The van der Waals surface area contributed by atoms with Gasteiger partial charge in [0.15, 0.2) is 0 Å². The first-order valence-electron chi connectivity index (χ1n) is 12.5. The quantitative estimate of drug-likeness (QED) is 0.199. The summed E-state index contributed by atoms with van der Waals surface area (Å²) in [5.74, 6) is 1.67. The standard InChI is InChI=1S/C26H42NO5P/c1-4-7-8-9-10-11-12-22-13-15-23(16-14-22)24-17-18-26(21-24,27-25(28)29)19-20-33(30,31-5-2)32-6-3/h13-16,19-20,24,27H,4-12,17-18,21H2,1-3H3,(H,28,29)/t24-,26-/m0/s1. The van der Waals surface area contributed by atoms with Gasteiger partial charge in [0.05, 0.1) is 18.8 Å². The average Bonchev–Trinajstić information content (AvgIpc) is 3.19. The number of hydrogen-bond acceptors (Lipinski definition) is 4. The molecule has 186 valence electrons. The van der Waals surface area contributed by atoms with Crippen molar-refractivity contribution >= 4 is 13.7 Å². The summed E-state index contributed by atoms with van der Waals surface area (Å²) >= 11 is 0. The molecule has 0 unspecified atom stereocenters. The summed E-state index contributed by atoms with van der Waals surface area (Å²) in [4.78, 5) is 11.5. The Morgan fingerprint density at radius 2 is 1.73 bits per heavy atom. The fourth-order valence-corrected chi connectivity index (χ4v) is 6.10. The van der Waals surface area contributed by atoms with E-state index in [1.807, 2.05) is 0 Å². The average molecular weight is 480 g/mol. The van der Waals surface area contributed by atoms with Crippen molar-refractivity contribution in [1.29, 1.82) is 0 Å². The highest BCUT2D eigenvalue weighted by Gasteiger charge is 2.40. The summed E-state index contributed by atoms with van der Waals surface area (Å²) in [7, 11) is -3.39. The monoisotopic (exact) mass is 479 g/mol. The minimum Gasteiger partial charge on any atom is -0.465 e. The number of nitrogens with one attached hydrogen (secondary N) is 1. The van der Waals surface area contributed by atoms with Crippen LogP contribution in [0.3, 0.4) is 0 Å². The number of rotatable bonds is 15. The predicted molar refractivity (Wildman–Crippen MR) is 134 cm³/mol. The second-order valence-corrected chi connectivity index (χ2v) is 10.9. The Bertz CT molecular complexity index is 784. The van der Waals surface area contributed by atoms with Gasteiger partial charge in [-0.25, -0.2) is 4.79 Å². The third-order valence-corrected chi connectivity index (χ3v) is 8.12. The largest absolute Gasteiger partial charge is 0.465 e. The van der Waals surface area contributed by atoms with Crippen molar-refractivity contribution in [2.75, 3.05) is 13.2 Å². The van der Waals surface area contributed by atoms with Gasteiger partial charge in [-0.05, 0) is 63.0 Å². The summed E-state index contributed by atoms with van der Waals surface area (Å²) < 4.78 is 23.5. The molecule has 1 saturated carbocycles. The minimum atomic E-state index is -3.39. The summed E-state index contributed by atoms with van der Waals surface area (Å²) in [5, 5.41) is 12.1. The molecule has 1 aromatic rings. The van der Waals surface area contributed by atoms with E-state index in [1.165, 1.54) is 55.5 Å². The molecule has 0 aromatic heterocycles. The molecule has 2 rings (SSSR count). The van der Waals surface area contributed by atoms with Gasteiger partial charge in [-0.3, -0.25) is 4.57 Å². The number of hydrogen-bond donors (Lipinski definition) is 2. The number of aryl methyl sites for hydroxylation is 1. The molecule has 0 radical (unpaired) electrons. The van der Waals surface area contributed by atoms with E-state index in [9.17, 15) is 14.5 Å². The minimum absolute atomic E-state index is 0.239. The van der Waals surface area contributed by atoms with Crippen LogP contribution in [0.1, 0.15) is 95.6 Å². The summed E-state index contributed by atoms with van der Waals surface area (Å²) in [6.45, 7) is 6.27. The van der Waals surface area contributed by atoms with Crippen LogP contribution in [0.4, 0.5) is 4.79 Å². The zero-order valence-corrected chi connectivity index (χ0v) is 21.4. The Balaban J connectivity index is 2.01.